The molecule has 0 aromatic rings. The molecule has 6 heteroatoms. The third-order valence-corrected chi connectivity index (χ3v) is 3.39. The molecule has 0 bridgehead atoms. The van der Waals surface area contributed by atoms with Crippen LogP contribution in [0.2, 0.25) is 0 Å². The zero-order chi connectivity index (χ0) is 13.5. The zero-order valence-corrected chi connectivity index (χ0v) is 12.3. The van der Waals surface area contributed by atoms with Crippen molar-refractivity contribution < 1.29 is 14.0 Å². The lowest BCUT2D eigenvalue weighted by Crippen LogP contribution is -2.38. The lowest BCUT2D eigenvalue weighted by Gasteiger charge is -2.24. The minimum Gasteiger partial charge on any atom is -0.610 e. The Morgan fingerprint density at radius 3 is 2.61 bits per heavy atom. The number of methoxy groups -OCH3 is 2. The molecule has 1 rings (SSSR count). The number of hydrogen-bond acceptors (Lipinski definition) is 5. The molecule has 5 nitrogen and oxygen atoms in total. The van der Waals surface area contributed by atoms with Crippen LogP contribution in [-0.4, -0.2) is 55.4 Å². The van der Waals surface area contributed by atoms with E-state index in [1.807, 2.05) is 13.0 Å². The molecule has 0 saturated carbocycles. The Bertz CT molecular complexity index is 312. The number of dihydropyridines is 1. The lowest BCUT2D eigenvalue weighted by atomic mass is 10.1. The summed E-state index contributed by atoms with van der Waals surface area (Å²) in [4.78, 5) is 4.37. The van der Waals surface area contributed by atoms with Crippen LogP contribution >= 0.6 is 0 Å². The van der Waals surface area contributed by atoms with Crippen molar-refractivity contribution in [3.05, 3.63) is 11.8 Å². The Labute approximate surface area is 112 Å². The summed E-state index contributed by atoms with van der Waals surface area (Å²) in [5.41, 5.74) is 1.04. The lowest BCUT2D eigenvalue weighted by molar-refractivity contribution is 0.107. The average molecular weight is 274 g/mol. The second-order valence-corrected chi connectivity index (χ2v) is 5.72. The topological polar surface area (TPSA) is 65.9 Å². The van der Waals surface area contributed by atoms with E-state index in [-0.39, 0.29) is 12.1 Å². The van der Waals surface area contributed by atoms with Crippen LogP contribution < -0.4 is 5.32 Å². The largest absolute Gasteiger partial charge is 0.610 e. The number of rotatable bonds is 6. The minimum atomic E-state index is -1.04. The molecule has 0 amide bonds. The van der Waals surface area contributed by atoms with E-state index in [1.165, 1.54) is 0 Å². The summed E-state index contributed by atoms with van der Waals surface area (Å²) >= 11 is -1.04. The van der Waals surface area contributed by atoms with Gasteiger partial charge in [-0.1, -0.05) is 0 Å². The molecular weight excluding hydrogens is 252 g/mol. The number of nitrogens with one attached hydrogen (secondary N) is 1. The second-order valence-electron chi connectivity index (χ2n) is 4.40. The van der Waals surface area contributed by atoms with E-state index >= 15 is 0 Å². The van der Waals surface area contributed by atoms with E-state index in [9.17, 15) is 4.55 Å². The molecule has 0 fully saturated rings. The molecule has 18 heavy (non-hydrogen) atoms. The van der Waals surface area contributed by atoms with E-state index < -0.39 is 11.2 Å². The fourth-order valence-corrected chi connectivity index (χ4v) is 2.52. The predicted octanol–water partition coefficient (Wildman–Crippen LogP) is 0.691. The summed E-state index contributed by atoms with van der Waals surface area (Å²) in [5.74, 6) is 0. The van der Waals surface area contributed by atoms with Crippen molar-refractivity contribution in [3.63, 3.8) is 0 Å². The van der Waals surface area contributed by atoms with Gasteiger partial charge in [-0.15, -0.1) is 0 Å². The molecule has 0 radical (unpaired) electrons. The van der Waals surface area contributed by atoms with Crippen molar-refractivity contribution in [1.29, 1.82) is 0 Å². The Hall–Kier alpha value is -0.560. The van der Waals surface area contributed by atoms with Crippen LogP contribution in [0, 0.1) is 0 Å². The highest BCUT2D eigenvalue weighted by atomic mass is 32.2. The molecule has 0 aromatic carbocycles. The van der Waals surface area contributed by atoms with E-state index in [4.69, 9.17) is 9.47 Å². The molecule has 2 atom stereocenters. The normalized spacial score (nSPS) is 21.6. The van der Waals surface area contributed by atoms with Gasteiger partial charge in [-0.2, -0.15) is 0 Å². The molecule has 0 aliphatic carbocycles. The first-order valence-corrected chi connectivity index (χ1v) is 7.48. The van der Waals surface area contributed by atoms with Crippen molar-refractivity contribution >= 4 is 16.2 Å². The smallest absolute Gasteiger partial charge is 0.241 e. The Kier molecular flexibility index (Phi) is 6.70. The van der Waals surface area contributed by atoms with Gasteiger partial charge >= 0.3 is 0 Å². The average Bonchev–Trinajstić information content (AvgIpc) is 2.28. The zero-order valence-electron chi connectivity index (χ0n) is 11.4. The maximum absolute atomic E-state index is 11.5. The summed E-state index contributed by atoms with van der Waals surface area (Å²) in [6.07, 6.45) is 4.34. The molecule has 0 saturated heterocycles. The number of aliphatic imine (C=N–C) groups is 1. The van der Waals surface area contributed by atoms with Crippen LogP contribution in [0.5, 0.6) is 0 Å². The highest BCUT2D eigenvalue weighted by Gasteiger charge is 2.20. The van der Waals surface area contributed by atoms with E-state index in [1.54, 1.807) is 20.5 Å². The highest BCUT2D eigenvalue weighted by molar-refractivity contribution is 8.06. The van der Waals surface area contributed by atoms with Crippen LogP contribution in [0.4, 0.5) is 0 Å². The number of hydrogen-bond donors (Lipinski definition) is 1. The Morgan fingerprint density at radius 2 is 2.11 bits per heavy atom. The SMILES string of the molecule is COCC(COC)NC1=CC([S+](C)[O-])=NC(C)C1. The highest BCUT2D eigenvalue weighted by Crippen LogP contribution is 2.15. The Morgan fingerprint density at radius 1 is 1.50 bits per heavy atom. The van der Waals surface area contributed by atoms with Gasteiger partial charge in [0.2, 0.25) is 5.04 Å². The van der Waals surface area contributed by atoms with Crippen LogP contribution in [-0.2, 0) is 20.6 Å². The van der Waals surface area contributed by atoms with Crippen molar-refractivity contribution in [1.82, 2.24) is 5.32 Å². The van der Waals surface area contributed by atoms with Crippen LogP contribution in [0.1, 0.15) is 13.3 Å². The summed E-state index contributed by atoms with van der Waals surface area (Å²) < 4.78 is 21.8. The van der Waals surface area contributed by atoms with Crippen LogP contribution in [0.25, 0.3) is 0 Å². The van der Waals surface area contributed by atoms with Gasteiger partial charge in [0.05, 0.1) is 25.3 Å². The van der Waals surface area contributed by atoms with Gasteiger partial charge < -0.3 is 19.3 Å². The van der Waals surface area contributed by atoms with Gasteiger partial charge in [0.15, 0.2) is 0 Å². The molecule has 1 aliphatic heterocycles. The molecule has 0 aromatic heterocycles. The van der Waals surface area contributed by atoms with Crippen molar-refractivity contribution in [2.45, 2.75) is 25.4 Å². The molecule has 1 heterocycles. The van der Waals surface area contributed by atoms with E-state index in [2.05, 4.69) is 10.3 Å². The standard InChI is InChI=1S/C12H22N2O3S/c1-9-5-10(6-12(13-9)18(4)15)14-11(7-16-2)8-17-3/h6,9,11,14H,5,7-8H2,1-4H3. The maximum Gasteiger partial charge on any atom is 0.241 e. The number of ether oxygens (including phenoxy) is 2. The minimum absolute atomic E-state index is 0.100. The van der Waals surface area contributed by atoms with Gasteiger partial charge in [-0.25, -0.2) is 4.99 Å². The molecule has 1 N–H and O–H groups in total. The predicted molar refractivity (Wildman–Crippen MR) is 74.3 cm³/mol. The van der Waals surface area contributed by atoms with Gasteiger partial charge in [-0.3, -0.25) is 0 Å². The third kappa shape index (κ3) is 4.97. The fraction of sp³-hybridized carbons (Fsp3) is 0.750. The van der Waals surface area contributed by atoms with Crippen molar-refractivity contribution in [3.8, 4) is 0 Å². The van der Waals surface area contributed by atoms with Gasteiger partial charge in [0.25, 0.3) is 0 Å². The number of nitrogens with zero attached hydrogens (tertiary/aromatic N) is 1. The molecule has 104 valence electrons. The van der Waals surface area contributed by atoms with Gasteiger partial charge in [-0.05, 0) is 6.92 Å². The molecule has 1 aliphatic rings. The monoisotopic (exact) mass is 274 g/mol. The van der Waals surface area contributed by atoms with Gasteiger partial charge in [0, 0.05) is 43.6 Å². The summed E-state index contributed by atoms with van der Waals surface area (Å²) in [6.45, 7) is 3.16. The first-order valence-electron chi connectivity index (χ1n) is 5.93. The Balaban J connectivity index is 2.67. The fourth-order valence-electron chi connectivity index (χ4n) is 1.88. The van der Waals surface area contributed by atoms with Crippen LogP contribution in [0.15, 0.2) is 16.8 Å². The summed E-state index contributed by atoms with van der Waals surface area (Å²) in [6, 6.07) is 0.255. The first-order chi connectivity index (χ1) is 8.56. The maximum atomic E-state index is 11.5. The molecule has 2 unspecified atom stereocenters. The van der Waals surface area contributed by atoms with Crippen molar-refractivity contribution in [2.24, 2.45) is 4.99 Å². The van der Waals surface area contributed by atoms with E-state index in [0.29, 0.717) is 18.3 Å². The summed E-state index contributed by atoms with van der Waals surface area (Å²) in [5, 5.41) is 4.01. The third-order valence-electron chi connectivity index (χ3n) is 2.58. The van der Waals surface area contributed by atoms with Crippen molar-refractivity contribution in [2.75, 3.05) is 33.7 Å². The molecule has 0 spiro atoms. The van der Waals surface area contributed by atoms with Crippen LogP contribution in [0.3, 0.4) is 0 Å². The quantitative estimate of drug-likeness (QED) is 0.724. The second kappa shape index (κ2) is 7.78. The molecular formula is C12H22N2O3S. The van der Waals surface area contributed by atoms with Gasteiger partial charge in [0.1, 0.15) is 6.26 Å². The summed E-state index contributed by atoms with van der Waals surface area (Å²) in [7, 11) is 3.33. The first kappa shape index (κ1) is 15.5. The van der Waals surface area contributed by atoms with E-state index in [0.717, 1.165) is 12.1 Å².